The predicted octanol–water partition coefficient (Wildman–Crippen LogP) is 1.76. The van der Waals surface area contributed by atoms with Crippen molar-refractivity contribution in [2.75, 3.05) is 0 Å². The third kappa shape index (κ3) is 4.06. The monoisotopic (exact) mass is 420 g/mol. The fourth-order valence-electron chi connectivity index (χ4n) is 3.85. The maximum Gasteiger partial charge on any atom is 0.341 e. The highest BCUT2D eigenvalue weighted by molar-refractivity contribution is 5.91. The normalized spacial score (nSPS) is 42.1. The number of aliphatic hydroxyl groups is 1. The second-order valence-electron chi connectivity index (χ2n) is 8.30. The standard InChI is InChI=1S/C22H28O8/c1-10-7-8-15(27-14(5)23)11(2)9-16-17(12(3)20(25)28-16)18(24)19(10)29-21(26)22(6)13(4)30-22/h7,9,13,15-19,24H,3,8H2,1-2,4-6H3/b10-7+,11-9-/t13-,15+,16-,17?,18?,19?,22-/m1/s1. The number of hydrogen-bond acceptors (Lipinski definition) is 8. The molecular weight excluding hydrogens is 392 g/mol. The van der Waals surface area contributed by atoms with Crippen molar-refractivity contribution < 1.29 is 38.4 Å². The number of fused-ring (bicyclic) bond motifs is 1. The molecule has 0 saturated carbocycles. The topological polar surface area (TPSA) is 112 Å². The molecule has 1 aliphatic carbocycles. The van der Waals surface area contributed by atoms with Crippen LogP contribution in [0.2, 0.25) is 0 Å². The summed E-state index contributed by atoms with van der Waals surface area (Å²) in [5.74, 6) is -2.50. The average molecular weight is 420 g/mol. The third-order valence-electron chi connectivity index (χ3n) is 6.07. The number of epoxide rings is 1. The molecule has 0 aromatic heterocycles. The number of ether oxygens (including phenoxy) is 4. The molecule has 0 radical (unpaired) electrons. The van der Waals surface area contributed by atoms with Gasteiger partial charge in [0.15, 0.2) is 5.60 Å². The minimum atomic E-state index is -1.26. The molecule has 0 bridgehead atoms. The summed E-state index contributed by atoms with van der Waals surface area (Å²) in [7, 11) is 0. The average Bonchev–Trinajstić information content (AvgIpc) is 3.18. The molecule has 2 fully saturated rings. The fourth-order valence-corrected chi connectivity index (χ4v) is 3.85. The van der Waals surface area contributed by atoms with Gasteiger partial charge >= 0.3 is 17.9 Å². The Morgan fingerprint density at radius 3 is 2.47 bits per heavy atom. The number of aliphatic hydroxyl groups excluding tert-OH is 1. The van der Waals surface area contributed by atoms with Gasteiger partial charge < -0.3 is 24.1 Å². The number of esters is 3. The summed E-state index contributed by atoms with van der Waals surface area (Å²) >= 11 is 0. The number of hydrogen-bond donors (Lipinski definition) is 1. The van der Waals surface area contributed by atoms with Crippen LogP contribution < -0.4 is 0 Å². The van der Waals surface area contributed by atoms with Gasteiger partial charge in [-0.3, -0.25) is 4.79 Å². The molecule has 2 heterocycles. The summed E-state index contributed by atoms with van der Waals surface area (Å²) in [6, 6.07) is 0. The second kappa shape index (κ2) is 8.00. The van der Waals surface area contributed by atoms with Gasteiger partial charge in [0.05, 0.1) is 12.0 Å². The zero-order valence-corrected chi connectivity index (χ0v) is 17.8. The van der Waals surface area contributed by atoms with Crippen molar-refractivity contribution in [1.29, 1.82) is 0 Å². The Morgan fingerprint density at radius 2 is 1.90 bits per heavy atom. The van der Waals surface area contributed by atoms with Gasteiger partial charge in [0.1, 0.15) is 24.4 Å². The van der Waals surface area contributed by atoms with Gasteiger partial charge in [-0.2, -0.15) is 0 Å². The van der Waals surface area contributed by atoms with Crippen LogP contribution in [0, 0.1) is 5.92 Å². The predicted molar refractivity (Wildman–Crippen MR) is 105 cm³/mol. The van der Waals surface area contributed by atoms with E-state index in [1.54, 1.807) is 39.8 Å². The highest BCUT2D eigenvalue weighted by atomic mass is 16.7. The van der Waals surface area contributed by atoms with Gasteiger partial charge in [-0.25, -0.2) is 9.59 Å². The van der Waals surface area contributed by atoms with Gasteiger partial charge in [0.25, 0.3) is 0 Å². The van der Waals surface area contributed by atoms with Crippen molar-refractivity contribution in [3.8, 4) is 0 Å². The van der Waals surface area contributed by atoms with E-state index in [1.807, 2.05) is 0 Å². The summed E-state index contributed by atoms with van der Waals surface area (Å²) in [6.45, 7) is 11.9. The molecule has 2 saturated heterocycles. The van der Waals surface area contributed by atoms with Gasteiger partial charge in [-0.1, -0.05) is 12.7 Å². The Balaban J connectivity index is 1.98. The van der Waals surface area contributed by atoms with Crippen LogP contribution in [0.15, 0.2) is 35.5 Å². The molecule has 8 nitrogen and oxygen atoms in total. The fraction of sp³-hybridized carbons (Fsp3) is 0.591. The summed E-state index contributed by atoms with van der Waals surface area (Å²) in [4.78, 5) is 36.4. The lowest BCUT2D eigenvalue weighted by molar-refractivity contribution is -0.160. The summed E-state index contributed by atoms with van der Waals surface area (Å²) in [5, 5.41) is 11.2. The molecule has 1 N–H and O–H groups in total. The molecule has 3 aliphatic rings. The van der Waals surface area contributed by atoms with Crippen LogP contribution in [0.1, 0.15) is 41.0 Å². The molecule has 0 amide bonds. The van der Waals surface area contributed by atoms with Gasteiger partial charge in [0.2, 0.25) is 0 Å². The zero-order valence-electron chi connectivity index (χ0n) is 17.8. The minimum absolute atomic E-state index is 0.0947. The molecule has 0 aromatic rings. The maximum atomic E-state index is 12.7. The highest BCUT2D eigenvalue weighted by Gasteiger charge is 2.58. The van der Waals surface area contributed by atoms with E-state index in [1.165, 1.54) is 6.92 Å². The highest BCUT2D eigenvalue weighted by Crippen LogP contribution is 2.40. The summed E-state index contributed by atoms with van der Waals surface area (Å²) < 4.78 is 21.8. The first-order chi connectivity index (χ1) is 14.0. The number of rotatable bonds is 3. The molecule has 164 valence electrons. The van der Waals surface area contributed by atoms with Crippen molar-refractivity contribution in [1.82, 2.24) is 0 Å². The van der Waals surface area contributed by atoms with E-state index >= 15 is 0 Å². The molecular formula is C22H28O8. The van der Waals surface area contributed by atoms with E-state index in [0.717, 1.165) is 0 Å². The third-order valence-corrected chi connectivity index (χ3v) is 6.07. The molecule has 3 unspecified atom stereocenters. The van der Waals surface area contributed by atoms with Crippen molar-refractivity contribution in [3.63, 3.8) is 0 Å². The molecule has 0 aromatic carbocycles. The molecule has 3 rings (SSSR count). The largest absolute Gasteiger partial charge is 0.458 e. The SMILES string of the molecule is C=C1C(=O)O[C@@H]2/C=C(/C)[C@@H](OC(C)=O)C/C=C(\C)C(OC(=O)[C@]3(C)O[C@@H]3C)C(O)C12. The van der Waals surface area contributed by atoms with Crippen LogP contribution in [0.25, 0.3) is 0 Å². The lowest BCUT2D eigenvalue weighted by Crippen LogP contribution is -2.44. The lowest BCUT2D eigenvalue weighted by atomic mass is 9.83. The van der Waals surface area contributed by atoms with Gasteiger partial charge in [-0.05, 0) is 44.9 Å². The Kier molecular flexibility index (Phi) is 5.93. The van der Waals surface area contributed by atoms with Gasteiger partial charge in [-0.15, -0.1) is 0 Å². The first-order valence-electron chi connectivity index (χ1n) is 9.94. The van der Waals surface area contributed by atoms with E-state index in [-0.39, 0.29) is 11.7 Å². The quantitative estimate of drug-likeness (QED) is 0.242. The van der Waals surface area contributed by atoms with E-state index in [2.05, 4.69) is 6.58 Å². The Labute approximate surface area is 175 Å². The van der Waals surface area contributed by atoms with Crippen LogP contribution in [0.4, 0.5) is 0 Å². The van der Waals surface area contributed by atoms with Crippen molar-refractivity contribution in [2.24, 2.45) is 5.92 Å². The van der Waals surface area contributed by atoms with E-state index < -0.39 is 53.8 Å². The summed E-state index contributed by atoms with van der Waals surface area (Å²) in [6.07, 6.45) is -0.284. The second-order valence-corrected chi connectivity index (χ2v) is 8.30. The van der Waals surface area contributed by atoms with Crippen LogP contribution in [-0.4, -0.2) is 59.1 Å². The molecule has 7 atom stereocenters. The minimum Gasteiger partial charge on any atom is -0.458 e. The van der Waals surface area contributed by atoms with Crippen LogP contribution in [-0.2, 0) is 33.3 Å². The molecule has 30 heavy (non-hydrogen) atoms. The van der Waals surface area contributed by atoms with Crippen LogP contribution >= 0.6 is 0 Å². The van der Waals surface area contributed by atoms with Crippen molar-refractivity contribution >= 4 is 17.9 Å². The first-order valence-corrected chi connectivity index (χ1v) is 9.94. The van der Waals surface area contributed by atoms with E-state index in [0.29, 0.717) is 17.6 Å². The zero-order chi connectivity index (χ0) is 22.4. The first kappa shape index (κ1) is 22.2. The van der Waals surface area contributed by atoms with E-state index in [9.17, 15) is 19.5 Å². The lowest BCUT2D eigenvalue weighted by Gasteiger charge is -2.31. The Morgan fingerprint density at radius 1 is 1.27 bits per heavy atom. The molecule has 8 heteroatoms. The summed E-state index contributed by atoms with van der Waals surface area (Å²) in [5.41, 5.74) is 0.273. The number of carbonyl (C=O) groups excluding carboxylic acids is 3. The van der Waals surface area contributed by atoms with Crippen molar-refractivity contribution in [3.05, 3.63) is 35.5 Å². The van der Waals surface area contributed by atoms with Crippen LogP contribution in [0.5, 0.6) is 0 Å². The smallest absolute Gasteiger partial charge is 0.341 e. The van der Waals surface area contributed by atoms with Crippen molar-refractivity contribution in [2.45, 2.75) is 77.2 Å². The maximum absolute atomic E-state index is 12.7. The van der Waals surface area contributed by atoms with E-state index in [4.69, 9.17) is 18.9 Å². The van der Waals surface area contributed by atoms with Gasteiger partial charge in [0, 0.05) is 18.9 Å². The molecule has 2 aliphatic heterocycles. The van der Waals surface area contributed by atoms with Crippen LogP contribution in [0.3, 0.4) is 0 Å². The Bertz CT molecular complexity index is 840. The number of carbonyl (C=O) groups is 3. The Hall–Kier alpha value is -2.45. The molecule has 0 spiro atoms.